The van der Waals surface area contributed by atoms with E-state index in [2.05, 4.69) is 26.0 Å². The Morgan fingerprint density at radius 1 is 1.26 bits per heavy atom. The van der Waals surface area contributed by atoms with E-state index in [9.17, 15) is 13.6 Å². The van der Waals surface area contributed by atoms with Crippen LogP contribution in [0, 0.1) is 11.7 Å². The van der Waals surface area contributed by atoms with Crippen LogP contribution in [0.1, 0.15) is 12.8 Å². The second-order valence-electron chi connectivity index (χ2n) is 7.44. The van der Waals surface area contributed by atoms with Crippen LogP contribution >= 0.6 is 0 Å². The van der Waals surface area contributed by atoms with Gasteiger partial charge in [0.05, 0.1) is 11.9 Å². The minimum absolute atomic E-state index is 0.113. The third-order valence-corrected chi connectivity index (χ3v) is 5.16. The van der Waals surface area contributed by atoms with E-state index in [1.165, 1.54) is 22.8 Å². The number of hydrogen-bond acceptors (Lipinski definition) is 7. The molecule has 9 nitrogen and oxygen atoms in total. The summed E-state index contributed by atoms with van der Waals surface area (Å²) in [7, 11) is 1.72. The summed E-state index contributed by atoms with van der Waals surface area (Å²) in [6.45, 7) is 0.688. The molecule has 2 atom stereocenters. The number of alkyl halides is 1. The van der Waals surface area contributed by atoms with Crippen molar-refractivity contribution in [2.75, 3.05) is 36.2 Å². The molecule has 0 spiro atoms. The summed E-state index contributed by atoms with van der Waals surface area (Å²) in [6.07, 6.45) is 1.11. The molecule has 1 aliphatic carbocycles. The average Bonchev–Trinajstić information content (AvgIpc) is 3.29. The van der Waals surface area contributed by atoms with Crippen LogP contribution in [-0.4, -0.2) is 46.9 Å². The van der Waals surface area contributed by atoms with Crippen molar-refractivity contribution in [1.29, 1.82) is 0 Å². The van der Waals surface area contributed by atoms with Crippen molar-refractivity contribution in [1.82, 2.24) is 14.6 Å². The molecule has 162 valence electrons. The lowest BCUT2D eigenvalue weighted by molar-refractivity contribution is -0.116. The molecule has 5 rings (SSSR count). The quantitative estimate of drug-likeness (QED) is 0.552. The molecule has 1 saturated carbocycles. The van der Waals surface area contributed by atoms with E-state index in [0.29, 0.717) is 59.8 Å². The topological polar surface area (TPSA) is 102 Å². The van der Waals surface area contributed by atoms with Crippen molar-refractivity contribution in [2.24, 2.45) is 5.92 Å². The summed E-state index contributed by atoms with van der Waals surface area (Å²) >= 11 is 0. The third-order valence-electron chi connectivity index (χ3n) is 5.16. The van der Waals surface area contributed by atoms with Crippen LogP contribution in [0.5, 0.6) is 11.5 Å². The first-order chi connectivity index (χ1) is 15.0. The average molecular weight is 430 g/mol. The number of carbonyl (C=O) groups is 1. The zero-order valence-electron chi connectivity index (χ0n) is 16.6. The van der Waals surface area contributed by atoms with E-state index in [1.807, 2.05) is 0 Å². The highest BCUT2D eigenvalue weighted by Crippen LogP contribution is 2.40. The number of halogens is 2. The van der Waals surface area contributed by atoms with Gasteiger partial charge in [0.2, 0.25) is 5.91 Å². The van der Waals surface area contributed by atoms with E-state index in [-0.39, 0.29) is 18.2 Å². The molecule has 0 radical (unpaired) electrons. The summed E-state index contributed by atoms with van der Waals surface area (Å²) < 4.78 is 39.8. The smallest absolute Gasteiger partial charge is 0.224 e. The number of benzene rings is 1. The van der Waals surface area contributed by atoms with Gasteiger partial charge in [-0.15, -0.1) is 0 Å². The van der Waals surface area contributed by atoms with Crippen molar-refractivity contribution < 1.29 is 23.0 Å². The Balaban J connectivity index is 1.47. The Morgan fingerprint density at radius 2 is 2.06 bits per heavy atom. The molecular weight excluding hydrogens is 410 g/mol. The molecule has 0 unspecified atom stereocenters. The molecule has 3 aromatic rings. The maximum absolute atomic E-state index is 14.1. The van der Waals surface area contributed by atoms with Gasteiger partial charge in [0.15, 0.2) is 17.1 Å². The predicted octanol–water partition coefficient (Wildman–Crippen LogP) is 3.11. The lowest BCUT2D eigenvalue weighted by Crippen LogP contribution is -2.17. The zero-order valence-corrected chi connectivity index (χ0v) is 16.6. The van der Waals surface area contributed by atoms with Gasteiger partial charge in [-0.25, -0.2) is 13.8 Å². The predicted molar refractivity (Wildman–Crippen MR) is 109 cm³/mol. The highest BCUT2D eigenvalue weighted by molar-refractivity contribution is 5.95. The highest BCUT2D eigenvalue weighted by Gasteiger charge is 2.38. The Kier molecular flexibility index (Phi) is 4.72. The Hall–Kier alpha value is -3.63. The molecular formula is C20H20F2N6O3. The number of fused-ring (bicyclic) bond motifs is 2. The van der Waals surface area contributed by atoms with Gasteiger partial charge in [-0.2, -0.15) is 9.61 Å². The van der Waals surface area contributed by atoms with Crippen LogP contribution in [0.15, 0.2) is 24.4 Å². The summed E-state index contributed by atoms with van der Waals surface area (Å²) in [5, 5.41) is 13.1. The fourth-order valence-electron chi connectivity index (χ4n) is 3.51. The van der Waals surface area contributed by atoms with E-state index >= 15 is 0 Å². The van der Waals surface area contributed by atoms with Crippen LogP contribution < -0.4 is 25.4 Å². The fourth-order valence-corrected chi connectivity index (χ4v) is 3.51. The van der Waals surface area contributed by atoms with E-state index in [4.69, 9.17) is 9.47 Å². The number of amides is 1. The van der Waals surface area contributed by atoms with Gasteiger partial charge < -0.3 is 25.4 Å². The number of rotatable bonds is 6. The molecule has 1 aliphatic heterocycles. The molecule has 2 aromatic heterocycles. The molecule has 31 heavy (non-hydrogen) atoms. The summed E-state index contributed by atoms with van der Waals surface area (Å²) in [6, 6.07) is 4.24. The number of anilines is 4. The standard InChI is InChI=1S/C20H20F2N6O3/c1-23-17-8-16(25-13-6-11(21)7-15-19(13)31-3-2-30-15)27-20-14(9-24-28(17)20)26-18(29)5-10-4-12(10)22/h6-10,12,23H,2-5H2,1H3,(H,25,27)(H,26,29)/t10-,12+/m1/s1. The molecule has 3 heterocycles. The number of ether oxygens (including phenoxy) is 2. The van der Waals surface area contributed by atoms with Gasteiger partial charge >= 0.3 is 0 Å². The van der Waals surface area contributed by atoms with Crippen LogP contribution in [0.3, 0.4) is 0 Å². The monoisotopic (exact) mass is 430 g/mol. The van der Waals surface area contributed by atoms with Gasteiger partial charge in [0.25, 0.3) is 0 Å². The Labute approximate surface area is 175 Å². The van der Waals surface area contributed by atoms with E-state index in [1.54, 1.807) is 13.1 Å². The molecule has 1 amide bonds. The van der Waals surface area contributed by atoms with Crippen LogP contribution in [0.25, 0.3) is 5.65 Å². The first-order valence-electron chi connectivity index (χ1n) is 9.88. The molecule has 2 aliphatic rings. The van der Waals surface area contributed by atoms with E-state index in [0.717, 1.165) is 0 Å². The van der Waals surface area contributed by atoms with Crippen molar-refractivity contribution in [3.8, 4) is 11.5 Å². The summed E-state index contributed by atoms with van der Waals surface area (Å²) in [4.78, 5) is 16.8. The Morgan fingerprint density at radius 3 is 2.84 bits per heavy atom. The zero-order chi connectivity index (χ0) is 21.5. The minimum Gasteiger partial charge on any atom is -0.486 e. The maximum atomic E-state index is 14.1. The van der Waals surface area contributed by atoms with Crippen LogP contribution in [-0.2, 0) is 4.79 Å². The fraction of sp³-hybridized carbons (Fsp3) is 0.350. The van der Waals surface area contributed by atoms with Crippen molar-refractivity contribution in [3.05, 3.63) is 30.2 Å². The molecule has 3 N–H and O–H groups in total. The minimum atomic E-state index is -0.900. The lowest BCUT2D eigenvalue weighted by Gasteiger charge is -2.21. The molecule has 0 bridgehead atoms. The van der Waals surface area contributed by atoms with Gasteiger partial charge in [0.1, 0.15) is 42.5 Å². The molecule has 1 fully saturated rings. The van der Waals surface area contributed by atoms with Crippen molar-refractivity contribution in [2.45, 2.75) is 19.0 Å². The molecule has 11 heteroatoms. The first kappa shape index (κ1) is 19.3. The number of carbonyl (C=O) groups excluding carboxylic acids is 1. The number of nitrogens with one attached hydrogen (secondary N) is 3. The van der Waals surface area contributed by atoms with Gasteiger partial charge in [-0.3, -0.25) is 4.79 Å². The second-order valence-corrected chi connectivity index (χ2v) is 7.44. The maximum Gasteiger partial charge on any atom is 0.224 e. The number of hydrogen-bond donors (Lipinski definition) is 3. The van der Waals surface area contributed by atoms with Crippen molar-refractivity contribution >= 4 is 34.6 Å². The van der Waals surface area contributed by atoms with Gasteiger partial charge in [-0.1, -0.05) is 0 Å². The van der Waals surface area contributed by atoms with Gasteiger partial charge in [0, 0.05) is 37.6 Å². The SMILES string of the molecule is CNc1cc(Nc2cc(F)cc3c2OCCO3)nc2c(NC(=O)C[C@H]3C[C@@H]3F)cnn12. The number of aromatic nitrogens is 3. The highest BCUT2D eigenvalue weighted by atomic mass is 19.1. The van der Waals surface area contributed by atoms with Crippen molar-refractivity contribution in [3.63, 3.8) is 0 Å². The Bertz CT molecular complexity index is 1170. The van der Waals surface area contributed by atoms with E-state index < -0.39 is 12.0 Å². The first-order valence-corrected chi connectivity index (χ1v) is 9.88. The van der Waals surface area contributed by atoms with Gasteiger partial charge in [-0.05, 0) is 6.42 Å². The largest absolute Gasteiger partial charge is 0.486 e. The lowest BCUT2D eigenvalue weighted by atomic mass is 10.2. The normalized spacial score (nSPS) is 19.2. The van der Waals surface area contributed by atoms with Crippen LogP contribution in [0.2, 0.25) is 0 Å². The third kappa shape index (κ3) is 3.78. The summed E-state index contributed by atoms with van der Waals surface area (Å²) in [5.74, 6) is 0.671. The number of nitrogens with zero attached hydrogens (tertiary/aromatic N) is 3. The molecule has 0 saturated heterocycles. The second kappa shape index (κ2) is 7.56. The molecule has 1 aromatic carbocycles. The van der Waals surface area contributed by atoms with Crippen LogP contribution in [0.4, 0.5) is 31.8 Å². The summed E-state index contributed by atoms with van der Waals surface area (Å²) in [5.41, 5.74) is 1.13.